The fourth-order valence-electron chi connectivity index (χ4n) is 2.29. The Morgan fingerprint density at radius 3 is 2.31 bits per heavy atom. The normalized spacial score (nSPS) is 11.5. The fraction of sp³-hybridized carbons (Fsp3) is 0.333. The van der Waals surface area contributed by atoms with Crippen LogP contribution in [0.2, 0.25) is 0 Å². The van der Waals surface area contributed by atoms with Gasteiger partial charge < -0.3 is 14.8 Å². The third-order valence-electron chi connectivity index (χ3n) is 3.80. The molecular formula is C21H25NO4. The van der Waals surface area contributed by atoms with Crippen LogP contribution in [-0.4, -0.2) is 24.6 Å². The molecule has 0 saturated carbocycles. The molecule has 1 atom stereocenters. The van der Waals surface area contributed by atoms with Gasteiger partial charge in [-0.1, -0.05) is 38.5 Å². The summed E-state index contributed by atoms with van der Waals surface area (Å²) in [4.78, 5) is 24.3. The molecule has 0 aliphatic heterocycles. The molecule has 1 amide bonds. The van der Waals surface area contributed by atoms with Gasteiger partial charge in [0.25, 0.3) is 5.91 Å². The molecule has 2 rings (SSSR count). The maximum atomic E-state index is 12.4. The third-order valence-corrected chi connectivity index (χ3v) is 3.80. The van der Waals surface area contributed by atoms with Gasteiger partial charge in [-0.05, 0) is 49.2 Å². The first-order chi connectivity index (χ1) is 12.6. The minimum atomic E-state index is -0.587. The van der Waals surface area contributed by atoms with E-state index in [9.17, 15) is 9.59 Å². The van der Waals surface area contributed by atoms with Crippen LogP contribution in [0.3, 0.4) is 0 Å². The van der Waals surface area contributed by atoms with Crippen molar-refractivity contribution in [2.24, 2.45) is 0 Å². The maximum absolute atomic E-state index is 12.4. The van der Waals surface area contributed by atoms with Gasteiger partial charge in [-0.15, -0.1) is 0 Å². The van der Waals surface area contributed by atoms with E-state index in [1.165, 1.54) is 0 Å². The van der Waals surface area contributed by atoms with Gasteiger partial charge in [-0.3, -0.25) is 4.79 Å². The van der Waals surface area contributed by atoms with E-state index in [1.807, 2.05) is 44.2 Å². The lowest BCUT2D eigenvalue weighted by Crippen LogP contribution is -2.32. The number of para-hydroxylation sites is 1. The van der Waals surface area contributed by atoms with E-state index in [0.29, 0.717) is 30.0 Å². The lowest BCUT2D eigenvalue weighted by molar-refractivity contribution is -0.122. The van der Waals surface area contributed by atoms with Crippen molar-refractivity contribution in [3.63, 3.8) is 0 Å². The van der Waals surface area contributed by atoms with E-state index in [-0.39, 0.29) is 11.9 Å². The fourth-order valence-corrected chi connectivity index (χ4v) is 2.29. The van der Waals surface area contributed by atoms with E-state index in [1.54, 1.807) is 24.3 Å². The van der Waals surface area contributed by atoms with E-state index in [4.69, 9.17) is 9.47 Å². The predicted molar refractivity (Wildman–Crippen MR) is 101 cm³/mol. The summed E-state index contributed by atoms with van der Waals surface area (Å²) < 4.78 is 10.9. The number of anilines is 1. The van der Waals surface area contributed by atoms with Crippen molar-refractivity contribution in [3.05, 3.63) is 60.2 Å². The molecule has 0 bridgehead atoms. The zero-order chi connectivity index (χ0) is 18.8. The second-order valence-electron chi connectivity index (χ2n) is 5.88. The number of carbonyl (C=O) groups is 2. The van der Waals surface area contributed by atoms with Crippen molar-refractivity contribution in [1.29, 1.82) is 0 Å². The number of ether oxygens (including phenoxy) is 2. The lowest BCUT2D eigenvalue weighted by Gasteiger charge is -2.17. The van der Waals surface area contributed by atoms with E-state index >= 15 is 0 Å². The van der Waals surface area contributed by atoms with Crippen LogP contribution in [-0.2, 0) is 9.53 Å². The number of amides is 1. The third kappa shape index (κ3) is 5.92. The van der Waals surface area contributed by atoms with E-state index in [0.717, 1.165) is 12.8 Å². The first-order valence-electron chi connectivity index (χ1n) is 8.93. The van der Waals surface area contributed by atoms with Gasteiger partial charge in [0.1, 0.15) is 5.75 Å². The quantitative estimate of drug-likeness (QED) is 0.533. The molecule has 0 aliphatic rings. The second kappa shape index (κ2) is 10.2. The highest BCUT2D eigenvalue weighted by Crippen LogP contribution is 2.15. The summed E-state index contributed by atoms with van der Waals surface area (Å²) in [5.41, 5.74) is 1.07. The number of unbranched alkanes of at least 4 members (excludes halogenated alkanes) is 1. The Kier molecular flexibility index (Phi) is 7.68. The van der Waals surface area contributed by atoms with Gasteiger partial charge >= 0.3 is 5.97 Å². The molecule has 138 valence electrons. The molecule has 2 aromatic carbocycles. The highest BCUT2D eigenvalue weighted by Gasteiger charge is 2.18. The molecule has 0 radical (unpaired) electrons. The molecule has 0 saturated heterocycles. The molecular weight excluding hydrogens is 330 g/mol. The summed E-state index contributed by atoms with van der Waals surface area (Å²) in [6.07, 6.45) is 1.78. The average molecular weight is 355 g/mol. The van der Waals surface area contributed by atoms with Crippen LogP contribution in [0.25, 0.3) is 0 Å². The molecule has 0 aromatic heterocycles. The molecule has 0 fully saturated rings. The summed E-state index contributed by atoms with van der Waals surface area (Å²) in [6, 6.07) is 15.9. The molecule has 0 spiro atoms. The van der Waals surface area contributed by atoms with Crippen molar-refractivity contribution < 1.29 is 19.1 Å². The summed E-state index contributed by atoms with van der Waals surface area (Å²) >= 11 is 0. The standard InChI is InChI=1S/C21H25NO4/c1-3-5-15-25-21(24)16-11-13-17(14-12-16)22-20(23)19(4-2)26-18-9-7-6-8-10-18/h6-14,19H,3-5,15H2,1-2H3,(H,22,23). The van der Waals surface area contributed by atoms with Crippen molar-refractivity contribution in [2.75, 3.05) is 11.9 Å². The molecule has 26 heavy (non-hydrogen) atoms. The Balaban J connectivity index is 1.92. The Morgan fingerprint density at radius 1 is 1.00 bits per heavy atom. The molecule has 1 N–H and O–H groups in total. The van der Waals surface area contributed by atoms with Gasteiger partial charge in [0.15, 0.2) is 6.10 Å². The van der Waals surface area contributed by atoms with Crippen LogP contribution in [0.5, 0.6) is 5.75 Å². The van der Waals surface area contributed by atoms with Gasteiger partial charge in [-0.25, -0.2) is 4.79 Å². The number of nitrogens with one attached hydrogen (secondary N) is 1. The first-order valence-corrected chi connectivity index (χ1v) is 8.93. The minimum Gasteiger partial charge on any atom is -0.481 e. The molecule has 0 heterocycles. The van der Waals surface area contributed by atoms with Crippen LogP contribution in [0.15, 0.2) is 54.6 Å². The van der Waals surface area contributed by atoms with E-state index < -0.39 is 6.10 Å². The summed E-state index contributed by atoms with van der Waals surface area (Å²) in [6.45, 7) is 4.35. The Labute approximate surface area is 154 Å². The largest absolute Gasteiger partial charge is 0.481 e. The summed E-state index contributed by atoms with van der Waals surface area (Å²) in [5.74, 6) is 0.0736. The highest BCUT2D eigenvalue weighted by molar-refractivity contribution is 5.95. The Morgan fingerprint density at radius 2 is 1.69 bits per heavy atom. The number of hydrogen-bond acceptors (Lipinski definition) is 4. The van der Waals surface area contributed by atoms with Crippen molar-refractivity contribution in [3.8, 4) is 5.75 Å². The SMILES string of the molecule is CCCCOC(=O)c1ccc(NC(=O)C(CC)Oc2ccccc2)cc1. The number of rotatable bonds is 9. The number of benzene rings is 2. The van der Waals surface area contributed by atoms with E-state index in [2.05, 4.69) is 5.32 Å². The molecule has 1 unspecified atom stereocenters. The van der Waals surface area contributed by atoms with Crippen LogP contribution in [0, 0.1) is 0 Å². The maximum Gasteiger partial charge on any atom is 0.338 e. The van der Waals surface area contributed by atoms with Crippen LogP contribution >= 0.6 is 0 Å². The minimum absolute atomic E-state index is 0.227. The molecule has 0 aliphatic carbocycles. The average Bonchev–Trinajstić information content (AvgIpc) is 2.67. The van der Waals surface area contributed by atoms with Gasteiger partial charge in [-0.2, -0.15) is 0 Å². The Bertz CT molecular complexity index is 698. The zero-order valence-corrected chi connectivity index (χ0v) is 15.2. The topological polar surface area (TPSA) is 64.6 Å². The predicted octanol–water partition coefficient (Wildman–Crippen LogP) is 4.44. The number of carbonyl (C=O) groups excluding carboxylic acids is 2. The monoisotopic (exact) mass is 355 g/mol. The second-order valence-corrected chi connectivity index (χ2v) is 5.88. The van der Waals surface area contributed by atoms with Gasteiger partial charge in [0.2, 0.25) is 0 Å². The van der Waals surface area contributed by atoms with Crippen LogP contribution in [0.4, 0.5) is 5.69 Å². The highest BCUT2D eigenvalue weighted by atomic mass is 16.5. The number of esters is 1. The van der Waals surface area contributed by atoms with Crippen molar-refractivity contribution >= 4 is 17.6 Å². The van der Waals surface area contributed by atoms with Gasteiger partial charge in [0, 0.05) is 5.69 Å². The zero-order valence-electron chi connectivity index (χ0n) is 15.2. The van der Waals surface area contributed by atoms with Crippen molar-refractivity contribution in [1.82, 2.24) is 0 Å². The van der Waals surface area contributed by atoms with Crippen LogP contribution < -0.4 is 10.1 Å². The van der Waals surface area contributed by atoms with Gasteiger partial charge in [0.05, 0.1) is 12.2 Å². The summed E-state index contributed by atoms with van der Waals surface area (Å²) in [5, 5.41) is 2.82. The van der Waals surface area contributed by atoms with Crippen molar-refractivity contribution in [2.45, 2.75) is 39.2 Å². The van der Waals surface area contributed by atoms with Crippen LogP contribution in [0.1, 0.15) is 43.5 Å². The summed E-state index contributed by atoms with van der Waals surface area (Å²) in [7, 11) is 0. The molecule has 5 nitrogen and oxygen atoms in total. The lowest BCUT2D eigenvalue weighted by atomic mass is 10.2. The molecule has 5 heteroatoms. The first kappa shape index (κ1) is 19.5. The molecule has 2 aromatic rings. The number of hydrogen-bond donors (Lipinski definition) is 1. The smallest absolute Gasteiger partial charge is 0.338 e. The Hall–Kier alpha value is -2.82.